The average molecular weight is 606 g/mol. The smallest absolute Gasteiger partial charge is 0.274 e. The Hall–Kier alpha value is -5.35. The van der Waals surface area contributed by atoms with Crippen molar-refractivity contribution < 1.29 is 19.4 Å². The van der Waals surface area contributed by atoms with Gasteiger partial charge >= 0.3 is 0 Å². The highest BCUT2D eigenvalue weighted by atomic mass is 16.5. The van der Waals surface area contributed by atoms with Gasteiger partial charge in [-0.2, -0.15) is 0 Å². The topological polar surface area (TPSA) is 151 Å². The van der Waals surface area contributed by atoms with E-state index in [9.17, 15) is 19.5 Å². The van der Waals surface area contributed by atoms with Gasteiger partial charge in [-0.25, -0.2) is 0 Å². The van der Waals surface area contributed by atoms with Gasteiger partial charge in [0.2, 0.25) is 0 Å². The fraction of sp³-hybridized carbons (Fsp3) is 0.229. The first kappa shape index (κ1) is 29.7. The second kappa shape index (κ2) is 11.6. The van der Waals surface area contributed by atoms with Crippen LogP contribution < -0.4 is 26.7 Å². The van der Waals surface area contributed by atoms with Crippen molar-refractivity contribution in [3.05, 3.63) is 112 Å². The van der Waals surface area contributed by atoms with E-state index in [1.54, 1.807) is 81.7 Å². The van der Waals surface area contributed by atoms with E-state index < -0.39 is 5.60 Å². The second-order valence-corrected chi connectivity index (χ2v) is 11.9. The summed E-state index contributed by atoms with van der Waals surface area (Å²) in [6.07, 6.45) is 3.82. The number of ether oxygens (including phenoxy) is 1. The molecule has 6 rings (SSSR count). The summed E-state index contributed by atoms with van der Waals surface area (Å²) >= 11 is 0. The maximum absolute atomic E-state index is 13.3. The zero-order valence-corrected chi connectivity index (χ0v) is 25.3. The van der Waals surface area contributed by atoms with Gasteiger partial charge in [-0.15, -0.1) is 0 Å². The van der Waals surface area contributed by atoms with Gasteiger partial charge in [0.15, 0.2) is 0 Å². The standard InChI is InChI=1S/C35H35N5O5/c1-35(2,44)22-12-15-30(45-23-13-14-23)24(16-22)26-19-40(3)34(43)31-25(26)17-29(38-31)33(42)37-18-20-8-10-21(11-9-20)32(41)39-28-7-5-4-6-27(28)36/h4-12,15-17,19,23,38,44H,13-14,18,36H2,1-3H3,(H,37,42)(H,39,41). The van der Waals surface area contributed by atoms with Gasteiger partial charge in [0.25, 0.3) is 17.4 Å². The van der Waals surface area contributed by atoms with Crippen LogP contribution in [0.15, 0.2) is 83.8 Å². The molecule has 1 aliphatic carbocycles. The Morgan fingerprint density at radius 2 is 1.76 bits per heavy atom. The zero-order chi connectivity index (χ0) is 31.9. The summed E-state index contributed by atoms with van der Waals surface area (Å²) in [6, 6.07) is 21.1. The molecule has 45 heavy (non-hydrogen) atoms. The van der Waals surface area contributed by atoms with Crippen LogP contribution in [0.25, 0.3) is 22.0 Å². The molecule has 0 unspecified atom stereocenters. The summed E-state index contributed by atoms with van der Waals surface area (Å²) in [4.78, 5) is 42.1. The molecule has 1 aliphatic rings. The minimum atomic E-state index is -1.09. The highest BCUT2D eigenvalue weighted by Crippen LogP contribution is 2.40. The van der Waals surface area contributed by atoms with Gasteiger partial charge < -0.3 is 35.8 Å². The van der Waals surface area contributed by atoms with E-state index in [4.69, 9.17) is 10.5 Å². The average Bonchev–Trinajstić information content (AvgIpc) is 3.72. The number of nitrogens with two attached hydrogens (primary N) is 1. The van der Waals surface area contributed by atoms with Gasteiger partial charge in [0.1, 0.15) is 17.0 Å². The summed E-state index contributed by atoms with van der Waals surface area (Å²) in [6.45, 7) is 3.64. The SMILES string of the molecule is Cn1cc(-c2cc(C(C)(C)O)ccc2OC2CC2)c2cc(C(=O)NCc3ccc(C(=O)Nc4ccccc4N)cc3)[nH]c2c1=O. The molecule has 0 saturated heterocycles. The number of aryl methyl sites for hydroxylation is 1. The summed E-state index contributed by atoms with van der Waals surface area (Å²) < 4.78 is 7.68. The summed E-state index contributed by atoms with van der Waals surface area (Å²) in [7, 11) is 1.66. The number of amides is 2. The van der Waals surface area contributed by atoms with E-state index in [1.807, 2.05) is 18.2 Å². The number of para-hydroxylation sites is 2. The number of aromatic nitrogens is 2. The van der Waals surface area contributed by atoms with Crippen LogP contribution in [0, 0.1) is 0 Å². The zero-order valence-electron chi connectivity index (χ0n) is 25.3. The Kier molecular flexibility index (Phi) is 7.68. The third-order valence-electron chi connectivity index (χ3n) is 7.88. The first-order valence-electron chi connectivity index (χ1n) is 14.8. The van der Waals surface area contributed by atoms with Crippen LogP contribution in [0.2, 0.25) is 0 Å². The molecule has 0 atom stereocenters. The van der Waals surface area contributed by atoms with Crippen LogP contribution in [0.4, 0.5) is 11.4 Å². The van der Waals surface area contributed by atoms with E-state index in [1.165, 1.54) is 4.57 Å². The monoisotopic (exact) mass is 605 g/mol. The molecule has 10 heteroatoms. The van der Waals surface area contributed by atoms with Gasteiger partial charge in [0.05, 0.1) is 23.1 Å². The number of carbonyl (C=O) groups is 2. The fourth-order valence-electron chi connectivity index (χ4n) is 5.12. The van der Waals surface area contributed by atoms with Crippen LogP contribution in [0.3, 0.4) is 0 Å². The van der Waals surface area contributed by atoms with Crippen molar-refractivity contribution in [2.45, 2.75) is 44.9 Å². The lowest BCUT2D eigenvalue weighted by molar-refractivity contribution is 0.0785. The van der Waals surface area contributed by atoms with Gasteiger partial charge in [0, 0.05) is 41.9 Å². The number of nitrogen functional groups attached to an aromatic ring is 1. The number of nitrogens with one attached hydrogen (secondary N) is 3. The quantitative estimate of drug-likeness (QED) is 0.148. The maximum atomic E-state index is 13.3. The number of anilines is 2. The normalized spacial score (nSPS) is 13.1. The van der Waals surface area contributed by atoms with Crippen LogP contribution in [-0.4, -0.2) is 32.6 Å². The summed E-state index contributed by atoms with van der Waals surface area (Å²) in [5, 5.41) is 17.0. The van der Waals surface area contributed by atoms with Crippen molar-refractivity contribution in [3.8, 4) is 16.9 Å². The number of rotatable bonds is 9. The van der Waals surface area contributed by atoms with Crippen molar-refractivity contribution in [1.29, 1.82) is 0 Å². The van der Waals surface area contributed by atoms with E-state index in [2.05, 4.69) is 15.6 Å². The molecule has 0 aliphatic heterocycles. The van der Waals surface area contributed by atoms with Crippen molar-refractivity contribution in [2.24, 2.45) is 7.05 Å². The Morgan fingerprint density at radius 3 is 2.44 bits per heavy atom. The number of hydrogen-bond donors (Lipinski definition) is 5. The highest BCUT2D eigenvalue weighted by molar-refractivity contribution is 6.06. The van der Waals surface area contributed by atoms with E-state index >= 15 is 0 Å². The molecule has 0 radical (unpaired) electrons. The molecule has 230 valence electrons. The first-order chi connectivity index (χ1) is 21.5. The molecule has 5 aromatic rings. The number of aliphatic hydroxyl groups is 1. The maximum Gasteiger partial charge on any atom is 0.274 e. The number of aromatic amines is 1. The van der Waals surface area contributed by atoms with Gasteiger partial charge in [-0.05, 0) is 80.3 Å². The van der Waals surface area contributed by atoms with Crippen LogP contribution >= 0.6 is 0 Å². The van der Waals surface area contributed by atoms with Gasteiger partial charge in [-0.3, -0.25) is 14.4 Å². The lowest BCUT2D eigenvalue weighted by Gasteiger charge is -2.21. The second-order valence-electron chi connectivity index (χ2n) is 11.9. The Labute approximate surface area is 259 Å². The van der Waals surface area contributed by atoms with Crippen molar-refractivity contribution in [1.82, 2.24) is 14.9 Å². The van der Waals surface area contributed by atoms with Crippen molar-refractivity contribution in [3.63, 3.8) is 0 Å². The number of H-pyrrole nitrogens is 1. The first-order valence-corrected chi connectivity index (χ1v) is 14.8. The number of hydrogen-bond acceptors (Lipinski definition) is 6. The molecule has 0 bridgehead atoms. The van der Waals surface area contributed by atoms with E-state index in [-0.39, 0.29) is 35.7 Å². The molecular formula is C35H35N5O5. The highest BCUT2D eigenvalue weighted by Gasteiger charge is 2.27. The molecule has 6 N–H and O–H groups in total. The predicted molar refractivity (Wildman–Crippen MR) is 174 cm³/mol. The third kappa shape index (κ3) is 6.32. The number of carbonyl (C=O) groups excluding carboxylic acids is 2. The van der Waals surface area contributed by atoms with Crippen LogP contribution in [-0.2, 0) is 19.2 Å². The summed E-state index contributed by atoms with van der Waals surface area (Å²) in [5.41, 5.74) is 9.46. The fourth-order valence-corrected chi connectivity index (χ4v) is 5.12. The van der Waals surface area contributed by atoms with Crippen molar-refractivity contribution in [2.75, 3.05) is 11.1 Å². The molecule has 10 nitrogen and oxygen atoms in total. The number of pyridine rings is 1. The molecule has 2 aromatic heterocycles. The Balaban J connectivity index is 1.24. The minimum absolute atomic E-state index is 0.137. The minimum Gasteiger partial charge on any atom is -0.490 e. The number of nitrogens with zero attached hydrogens (tertiary/aromatic N) is 1. The van der Waals surface area contributed by atoms with E-state index in [0.717, 1.165) is 24.0 Å². The van der Waals surface area contributed by atoms with Crippen molar-refractivity contribution >= 4 is 34.1 Å². The summed E-state index contributed by atoms with van der Waals surface area (Å²) in [5.74, 6) is -0.0278. The van der Waals surface area contributed by atoms with Gasteiger partial charge in [-0.1, -0.05) is 30.3 Å². The van der Waals surface area contributed by atoms with Crippen LogP contribution in [0.5, 0.6) is 5.75 Å². The molecule has 2 amide bonds. The lowest BCUT2D eigenvalue weighted by atomic mass is 9.93. The van der Waals surface area contributed by atoms with E-state index in [0.29, 0.717) is 44.7 Å². The lowest BCUT2D eigenvalue weighted by Crippen LogP contribution is -2.23. The number of benzene rings is 3. The predicted octanol–water partition coefficient (Wildman–Crippen LogP) is 5.07. The molecular weight excluding hydrogens is 570 g/mol. The van der Waals surface area contributed by atoms with Crippen LogP contribution in [0.1, 0.15) is 58.7 Å². The largest absolute Gasteiger partial charge is 0.490 e. The molecule has 1 fully saturated rings. The third-order valence-corrected chi connectivity index (χ3v) is 7.88. The molecule has 0 spiro atoms. The Bertz CT molecular complexity index is 1980. The molecule has 2 heterocycles. The Morgan fingerprint density at radius 1 is 1.02 bits per heavy atom. The number of fused-ring (bicyclic) bond motifs is 1. The molecule has 3 aromatic carbocycles. The molecule has 1 saturated carbocycles.